The summed E-state index contributed by atoms with van der Waals surface area (Å²) in [7, 11) is 0. The predicted octanol–water partition coefficient (Wildman–Crippen LogP) is 4.22. The van der Waals surface area contributed by atoms with Crippen molar-refractivity contribution in [1.82, 2.24) is 4.90 Å². The molecule has 17 heavy (non-hydrogen) atoms. The molecule has 0 atom stereocenters. The van der Waals surface area contributed by atoms with E-state index in [2.05, 4.69) is 18.7 Å². The van der Waals surface area contributed by atoms with Crippen LogP contribution < -0.4 is 0 Å². The summed E-state index contributed by atoms with van der Waals surface area (Å²) in [6.45, 7) is 7.71. The smallest absolute Gasteiger partial charge is 0.0210 e. The van der Waals surface area contributed by atoms with Crippen LogP contribution in [0.2, 0.25) is 0 Å². The fraction of sp³-hybridized carbons (Fsp3) is 1.00. The predicted molar refractivity (Wildman–Crippen MR) is 73.1 cm³/mol. The van der Waals surface area contributed by atoms with Gasteiger partial charge in [-0.25, -0.2) is 0 Å². The molecule has 3 aliphatic carbocycles. The number of rotatable bonds is 2. The third kappa shape index (κ3) is 1.85. The van der Waals surface area contributed by atoms with Crippen molar-refractivity contribution in [3.05, 3.63) is 0 Å². The first-order valence-corrected chi connectivity index (χ1v) is 7.92. The Bertz CT molecular complexity index is 251. The summed E-state index contributed by atoms with van der Waals surface area (Å²) < 4.78 is 0. The summed E-state index contributed by atoms with van der Waals surface area (Å²) >= 11 is 0. The number of piperidine rings is 1. The van der Waals surface area contributed by atoms with E-state index in [4.69, 9.17) is 0 Å². The summed E-state index contributed by atoms with van der Waals surface area (Å²) in [4.78, 5) is 2.89. The molecule has 0 aromatic heterocycles. The molecule has 0 N–H and O–H groups in total. The van der Waals surface area contributed by atoms with Crippen molar-refractivity contribution >= 4 is 0 Å². The van der Waals surface area contributed by atoms with Gasteiger partial charge in [0.1, 0.15) is 0 Å². The summed E-state index contributed by atoms with van der Waals surface area (Å²) in [5, 5.41) is 0. The monoisotopic (exact) mass is 235 g/mol. The Morgan fingerprint density at radius 1 is 0.765 bits per heavy atom. The van der Waals surface area contributed by atoms with Crippen LogP contribution in [0, 0.1) is 11.3 Å². The molecule has 4 aliphatic rings. The van der Waals surface area contributed by atoms with Gasteiger partial charge in [0.05, 0.1) is 0 Å². The van der Waals surface area contributed by atoms with Crippen molar-refractivity contribution in [2.75, 3.05) is 13.1 Å². The number of nitrogens with zero attached hydrogens (tertiary/aromatic N) is 1. The van der Waals surface area contributed by atoms with Gasteiger partial charge in [0.15, 0.2) is 0 Å². The highest BCUT2D eigenvalue weighted by atomic mass is 15.2. The van der Waals surface area contributed by atoms with Gasteiger partial charge in [0.2, 0.25) is 0 Å². The Labute approximate surface area is 107 Å². The summed E-state index contributed by atoms with van der Waals surface area (Å²) in [6.07, 6.45) is 13.4. The van der Waals surface area contributed by atoms with Gasteiger partial charge in [-0.2, -0.15) is 0 Å². The topological polar surface area (TPSA) is 3.24 Å². The molecule has 3 saturated carbocycles. The van der Waals surface area contributed by atoms with E-state index in [1.807, 2.05) is 0 Å². The Morgan fingerprint density at radius 3 is 1.76 bits per heavy atom. The minimum Gasteiger partial charge on any atom is -0.298 e. The molecule has 0 aromatic rings. The second-order valence-corrected chi connectivity index (χ2v) is 7.29. The highest BCUT2D eigenvalue weighted by Gasteiger charge is 2.51. The maximum Gasteiger partial charge on any atom is 0.0210 e. The van der Waals surface area contributed by atoms with Crippen molar-refractivity contribution in [3.8, 4) is 0 Å². The first-order chi connectivity index (χ1) is 8.17. The molecule has 1 heterocycles. The normalized spacial score (nSPS) is 43.2. The van der Waals surface area contributed by atoms with Crippen molar-refractivity contribution in [3.63, 3.8) is 0 Å². The Morgan fingerprint density at radius 2 is 1.29 bits per heavy atom. The molecule has 98 valence electrons. The molecule has 1 heteroatoms. The van der Waals surface area contributed by atoms with Crippen LogP contribution in [-0.2, 0) is 0 Å². The molecule has 4 fully saturated rings. The molecule has 4 rings (SSSR count). The number of likely N-dealkylation sites (tertiary alicyclic amines) is 1. The Kier molecular flexibility index (Phi) is 3.01. The minimum absolute atomic E-state index is 0.650. The second-order valence-electron chi connectivity index (χ2n) is 7.29. The van der Waals surface area contributed by atoms with Crippen LogP contribution in [0.1, 0.15) is 71.6 Å². The highest BCUT2D eigenvalue weighted by Crippen LogP contribution is 2.57. The van der Waals surface area contributed by atoms with E-state index in [-0.39, 0.29) is 0 Å². The van der Waals surface area contributed by atoms with E-state index in [9.17, 15) is 0 Å². The first-order valence-electron chi connectivity index (χ1n) is 7.92. The van der Waals surface area contributed by atoms with E-state index in [0.717, 1.165) is 11.3 Å². The fourth-order valence-electron chi connectivity index (χ4n) is 4.90. The molecule has 1 saturated heterocycles. The van der Waals surface area contributed by atoms with Crippen LogP contribution >= 0.6 is 0 Å². The van der Waals surface area contributed by atoms with Crippen LogP contribution in [0.15, 0.2) is 0 Å². The van der Waals surface area contributed by atoms with Crippen LogP contribution in [0.5, 0.6) is 0 Å². The van der Waals surface area contributed by atoms with Crippen molar-refractivity contribution < 1.29 is 0 Å². The molecular formula is C16H29N. The summed E-state index contributed by atoms with van der Waals surface area (Å²) in [5.41, 5.74) is 1.38. The lowest BCUT2D eigenvalue weighted by Crippen LogP contribution is -2.58. The first kappa shape index (κ1) is 12.0. The van der Waals surface area contributed by atoms with Crippen LogP contribution in [0.25, 0.3) is 0 Å². The largest absolute Gasteiger partial charge is 0.298 e. The molecule has 0 unspecified atom stereocenters. The lowest BCUT2D eigenvalue weighted by Gasteiger charge is -2.60. The van der Waals surface area contributed by atoms with Gasteiger partial charge >= 0.3 is 0 Å². The van der Waals surface area contributed by atoms with E-state index in [1.165, 1.54) is 70.9 Å². The SMILES string of the molecule is CC(C)C12CCC(N3CCCCC3)(CC1)CC2. The van der Waals surface area contributed by atoms with E-state index in [1.54, 1.807) is 0 Å². The Hall–Kier alpha value is -0.0400. The average Bonchev–Trinajstić information content (AvgIpc) is 2.42. The second kappa shape index (κ2) is 4.26. The summed E-state index contributed by atoms with van der Waals surface area (Å²) in [5.74, 6) is 0.905. The standard InChI is InChI=1S/C16H29N/c1-14(2)15-6-9-16(10-7-15,11-8-15)17-12-4-3-5-13-17/h14H,3-13H2,1-2H3. The molecule has 2 bridgehead atoms. The Balaban J connectivity index is 1.72. The van der Waals surface area contributed by atoms with E-state index < -0.39 is 0 Å². The fourth-order valence-corrected chi connectivity index (χ4v) is 4.90. The molecule has 0 radical (unpaired) electrons. The third-order valence-corrected chi connectivity index (χ3v) is 6.52. The molecule has 0 amide bonds. The zero-order valence-corrected chi connectivity index (χ0v) is 11.8. The van der Waals surface area contributed by atoms with E-state index >= 15 is 0 Å². The van der Waals surface area contributed by atoms with Gasteiger partial charge < -0.3 is 0 Å². The van der Waals surface area contributed by atoms with Crippen LogP contribution in [-0.4, -0.2) is 23.5 Å². The van der Waals surface area contributed by atoms with Gasteiger partial charge in [-0.15, -0.1) is 0 Å². The molecule has 1 nitrogen and oxygen atoms in total. The lowest BCUT2D eigenvalue weighted by atomic mass is 9.53. The van der Waals surface area contributed by atoms with Gasteiger partial charge in [0.25, 0.3) is 0 Å². The molecular weight excluding hydrogens is 206 g/mol. The maximum absolute atomic E-state index is 2.89. The van der Waals surface area contributed by atoms with Crippen molar-refractivity contribution in [1.29, 1.82) is 0 Å². The van der Waals surface area contributed by atoms with Crippen molar-refractivity contribution in [2.45, 2.75) is 77.2 Å². The number of hydrogen-bond acceptors (Lipinski definition) is 1. The van der Waals surface area contributed by atoms with Gasteiger partial charge in [0, 0.05) is 5.54 Å². The third-order valence-electron chi connectivity index (χ3n) is 6.52. The minimum atomic E-state index is 0.650. The van der Waals surface area contributed by atoms with Gasteiger partial charge in [-0.05, 0) is 75.8 Å². The maximum atomic E-state index is 2.89. The quantitative estimate of drug-likeness (QED) is 0.692. The van der Waals surface area contributed by atoms with Crippen LogP contribution in [0.4, 0.5) is 0 Å². The van der Waals surface area contributed by atoms with Crippen LogP contribution in [0.3, 0.4) is 0 Å². The van der Waals surface area contributed by atoms with E-state index in [0.29, 0.717) is 5.54 Å². The van der Waals surface area contributed by atoms with Gasteiger partial charge in [-0.1, -0.05) is 20.3 Å². The molecule has 0 aromatic carbocycles. The summed E-state index contributed by atoms with van der Waals surface area (Å²) in [6, 6.07) is 0. The average molecular weight is 235 g/mol. The number of hydrogen-bond donors (Lipinski definition) is 0. The molecule has 0 spiro atoms. The lowest BCUT2D eigenvalue weighted by molar-refractivity contribution is -0.0792. The van der Waals surface area contributed by atoms with Gasteiger partial charge in [-0.3, -0.25) is 4.90 Å². The van der Waals surface area contributed by atoms with Crippen molar-refractivity contribution in [2.24, 2.45) is 11.3 Å². The number of fused-ring (bicyclic) bond motifs is 3. The molecule has 1 aliphatic heterocycles. The zero-order chi connectivity index (χ0) is 11.9. The highest BCUT2D eigenvalue weighted by molar-refractivity contribution is 5.06. The zero-order valence-electron chi connectivity index (χ0n) is 11.8.